The minimum atomic E-state index is 0. The van der Waals surface area contributed by atoms with Gasteiger partial charge in [0.2, 0.25) is 0 Å². The predicted molar refractivity (Wildman–Crippen MR) is 124 cm³/mol. The van der Waals surface area contributed by atoms with E-state index in [1.165, 1.54) is 0 Å². The van der Waals surface area contributed by atoms with Crippen molar-refractivity contribution in [2.24, 2.45) is 16.8 Å². The van der Waals surface area contributed by atoms with Crippen molar-refractivity contribution in [1.29, 1.82) is 0 Å². The number of hydrogen-bond donors (Lipinski definition) is 4. The zero-order valence-electron chi connectivity index (χ0n) is 16.7. The lowest BCUT2D eigenvalue weighted by molar-refractivity contribution is 0.245. The molecule has 0 radical (unpaired) electrons. The monoisotopic (exact) mass is 487 g/mol. The fourth-order valence-corrected chi connectivity index (χ4v) is 3.12. The summed E-state index contributed by atoms with van der Waals surface area (Å²) in [6.45, 7) is 9.04. The number of benzene rings is 1. The van der Waals surface area contributed by atoms with Gasteiger partial charge in [-0.1, -0.05) is 26.0 Å². The lowest BCUT2D eigenvalue weighted by Crippen LogP contribution is -2.38. The number of hydrogen-bond acceptors (Lipinski definition) is 3. The first-order chi connectivity index (χ1) is 12.6. The van der Waals surface area contributed by atoms with Crippen molar-refractivity contribution < 1.29 is 5.11 Å². The SMILES string of the molecule is CCNC(=NCC(CCO)CC(C)C)NCCc1nc2ccccc2[nH]1.I. The Kier molecular flexibility index (Phi) is 11.3. The van der Waals surface area contributed by atoms with Gasteiger partial charge in [-0.15, -0.1) is 24.0 Å². The molecular formula is C20H34IN5O. The summed E-state index contributed by atoms with van der Waals surface area (Å²) in [4.78, 5) is 12.7. The van der Waals surface area contributed by atoms with Crippen molar-refractivity contribution in [2.75, 3.05) is 26.2 Å². The Balaban J connectivity index is 0.00000364. The van der Waals surface area contributed by atoms with E-state index in [1.807, 2.05) is 24.3 Å². The molecule has 0 aliphatic rings. The maximum Gasteiger partial charge on any atom is 0.191 e. The van der Waals surface area contributed by atoms with Crippen LogP contribution in [0.2, 0.25) is 0 Å². The minimum absolute atomic E-state index is 0. The van der Waals surface area contributed by atoms with Crippen LogP contribution < -0.4 is 10.6 Å². The van der Waals surface area contributed by atoms with Crippen LogP contribution >= 0.6 is 24.0 Å². The topological polar surface area (TPSA) is 85.3 Å². The number of nitrogens with one attached hydrogen (secondary N) is 3. The fourth-order valence-electron chi connectivity index (χ4n) is 3.12. The van der Waals surface area contributed by atoms with E-state index in [2.05, 4.69) is 41.4 Å². The highest BCUT2D eigenvalue weighted by Crippen LogP contribution is 2.15. The highest BCUT2D eigenvalue weighted by Gasteiger charge is 2.11. The lowest BCUT2D eigenvalue weighted by atomic mass is 9.94. The van der Waals surface area contributed by atoms with Gasteiger partial charge in [-0.3, -0.25) is 4.99 Å². The summed E-state index contributed by atoms with van der Waals surface area (Å²) >= 11 is 0. The van der Waals surface area contributed by atoms with Gasteiger partial charge in [0.25, 0.3) is 0 Å². The molecule has 27 heavy (non-hydrogen) atoms. The van der Waals surface area contributed by atoms with Crippen molar-refractivity contribution in [1.82, 2.24) is 20.6 Å². The number of imidazole rings is 1. The van der Waals surface area contributed by atoms with Crippen molar-refractivity contribution in [3.8, 4) is 0 Å². The van der Waals surface area contributed by atoms with Gasteiger partial charge in [-0.25, -0.2) is 4.98 Å². The van der Waals surface area contributed by atoms with E-state index in [0.717, 1.165) is 61.7 Å². The zero-order chi connectivity index (χ0) is 18.8. The third kappa shape index (κ3) is 8.47. The van der Waals surface area contributed by atoms with Crippen molar-refractivity contribution in [2.45, 2.75) is 40.0 Å². The van der Waals surface area contributed by atoms with Crippen molar-refractivity contribution in [3.05, 3.63) is 30.1 Å². The zero-order valence-corrected chi connectivity index (χ0v) is 19.0. The quantitative estimate of drug-likeness (QED) is 0.235. The van der Waals surface area contributed by atoms with Crippen LogP contribution in [0, 0.1) is 11.8 Å². The second kappa shape index (κ2) is 12.9. The molecular weight excluding hydrogens is 453 g/mol. The average Bonchev–Trinajstić information content (AvgIpc) is 3.02. The number of para-hydroxylation sites is 2. The van der Waals surface area contributed by atoms with Gasteiger partial charge in [0.05, 0.1) is 11.0 Å². The molecule has 0 aliphatic heterocycles. The highest BCUT2D eigenvalue weighted by molar-refractivity contribution is 14.0. The maximum absolute atomic E-state index is 9.26. The van der Waals surface area contributed by atoms with Crippen LogP contribution in [0.1, 0.15) is 39.4 Å². The number of aromatic nitrogens is 2. The van der Waals surface area contributed by atoms with Crippen LogP contribution in [0.3, 0.4) is 0 Å². The van der Waals surface area contributed by atoms with Crippen molar-refractivity contribution in [3.63, 3.8) is 0 Å². The molecule has 6 nitrogen and oxygen atoms in total. The second-order valence-corrected chi connectivity index (χ2v) is 7.10. The molecule has 7 heteroatoms. The molecule has 2 rings (SSSR count). The Labute approximate surface area is 179 Å². The van der Waals surface area contributed by atoms with E-state index in [-0.39, 0.29) is 30.6 Å². The standard InChI is InChI=1S/C20H33N5O.HI/c1-4-21-20(23-14-16(10-12-26)13-15(2)3)22-11-9-19-24-17-7-5-6-8-18(17)25-19;/h5-8,15-16,26H,4,9-14H2,1-3H3,(H,24,25)(H2,21,22,23);1H. The normalized spacial score (nSPS) is 12.9. The third-order valence-corrected chi connectivity index (χ3v) is 4.29. The predicted octanol–water partition coefficient (Wildman–Crippen LogP) is 3.32. The van der Waals surface area contributed by atoms with Gasteiger partial charge in [0.15, 0.2) is 5.96 Å². The molecule has 0 aliphatic carbocycles. The maximum atomic E-state index is 9.26. The molecule has 0 fully saturated rings. The van der Waals surface area contributed by atoms with E-state index >= 15 is 0 Å². The number of nitrogens with zero attached hydrogens (tertiary/aromatic N) is 2. The van der Waals surface area contributed by atoms with Gasteiger partial charge >= 0.3 is 0 Å². The summed E-state index contributed by atoms with van der Waals surface area (Å²) in [7, 11) is 0. The Bertz CT molecular complexity index is 653. The molecule has 152 valence electrons. The Hall–Kier alpha value is -1.35. The number of aromatic amines is 1. The van der Waals surface area contributed by atoms with Gasteiger partial charge in [-0.05, 0) is 43.7 Å². The molecule has 0 saturated heterocycles. The lowest BCUT2D eigenvalue weighted by Gasteiger charge is -2.17. The molecule has 2 aromatic rings. The summed E-state index contributed by atoms with van der Waals surface area (Å²) in [5.41, 5.74) is 2.08. The van der Waals surface area contributed by atoms with Gasteiger partial charge in [-0.2, -0.15) is 0 Å². The summed E-state index contributed by atoms with van der Waals surface area (Å²) in [5.74, 6) is 2.85. The number of rotatable bonds is 10. The molecule has 1 aromatic heterocycles. The number of H-pyrrole nitrogens is 1. The third-order valence-electron chi connectivity index (χ3n) is 4.29. The molecule has 0 amide bonds. The first-order valence-electron chi connectivity index (χ1n) is 9.69. The number of aliphatic imine (C=N–C) groups is 1. The van der Waals surface area contributed by atoms with Crippen LogP contribution in [0.15, 0.2) is 29.3 Å². The molecule has 1 aromatic carbocycles. The van der Waals surface area contributed by atoms with Crippen LogP contribution in [0.4, 0.5) is 0 Å². The van der Waals surface area contributed by atoms with Crippen LogP contribution in [-0.4, -0.2) is 47.3 Å². The van der Waals surface area contributed by atoms with Gasteiger partial charge < -0.3 is 20.7 Å². The molecule has 4 N–H and O–H groups in total. The van der Waals surface area contributed by atoms with E-state index in [0.29, 0.717) is 11.8 Å². The van der Waals surface area contributed by atoms with Crippen molar-refractivity contribution >= 4 is 41.0 Å². The largest absolute Gasteiger partial charge is 0.396 e. The summed E-state index contributed by atoms with van der Waals surface area (Å²) in [5, 5.41) is 15.9. The van der Waals surface area contributed by atoms with E-state index in [9.17, 15) is 5.11 Å². The van der Waals surface area contributed by atoms with E-state index in [4.69, 9.17) is 4.99 Å². The summed E-state index contributed by atoms with van der Waals surface area (Å²) in [6.07, 6.45) is 2.70. The molecule has 1 unspecified atom stereocenters. The second-order valence-electron chi connectivity index (χ2n) is 7.10. The molecule has 1 atom stereocenters. The van der Waals surface area contributed by atoms with Crippen LogP contribution in [-0.2, 0) is 6.42 Å². The number of fused-ring (bicyclic) bond motifs is 1. The van der Waals surface area contributed by atoms with Gasteiger partial charge in [0, 0.05) is 32.7 Å². The van der Waals surface area contributed by atoms with Crippen LogP contribution in [0.25, 0.3) is 11.0 Å². The van der Waals surface area contributed by atoms with E-state index in [1.54, 1.807) is 0 Å². The summed E-state index contributed by atoms with van der Waals surface area (Å²) in [6, 6.07) is 8.07. The Morgan fingerprint density at radius 2 is 2.04 bits per heavy atom. The molecule has 0 saturated carbocycles. The fraction of sp³-hybridized carbons (Fsp3) is 0.600. The van der Waals surface area contributed by atoms with Gasteiger partial charge in [0.1, 0.15) is 5.82 Å². The number of guanidine groups is 1. The average molecular weight is 487 g/mol. The number of aliphatic hydroxyl groups is 1. The van der Waals surface area contributed by atoms with E-state index < -0.39 is 0 Å². The Morgan fingerprint density at radius 1 is 1.26 bits per heavy atom. The smallest absolute Gasteiger partial charge is 0.191 e. The molecule has 0 spiro atoms. The molecule has 0 bridgehead atoms. The summed E-state index contributed by atoms with van der Waals surface area (Å²) < 4.78 is 0. The first-order valence-corrected chi connectivity index (χ1v) is 9.69. The molecule has 1 heterocycles. The minimum Gasteiger partial charge on any atom is -0.396 e. The number of halogens is 1. The Morgan fingerprint density at radius 3 is 2.70 bits per heavy atom. The van der Waals surface area contributed by atoms with Crippen LogP contribution in [0.5, 0.6) is 0 Å². The first kappa shape index (κ1) is 23.7. The number of aliphatic hydroxyl groups excluding tert-OH is 1. The highest BCUT2D eigenvalue weighted by atomic mass is 127.